The molecule has 1 aromatic heterocycles. The van der Waals surface area contributed by atoms with Crippen LogP contribution in [-0.4, -0.2) is 29.9 Å². The first-order valence-corrected chi connectivity index (χ1v) is 5.20. The van der Waals surface area contributed by atoms with E-state index >= 15 is 0 Å². The van der Waals surface area contributed by atoms with E-state index < -0.39 is 0 Å². The van der Waals surface area contributed by atoms with Gasteiger partial charge < -0.3 is 10.2 Å². The predicted octanol–water partition coefficient (Wildman–Crippen LogP) is 1.42. The number of amides is 1. The molecule has 0 aliphatic carbocycles. The minimum Gasteiger partial charge on any atom is -0.373 e. The van der Waals surface area contributed by atoms with Gasteiger partial charge in [-0.3, -0.25) is 4.79 Å². The van der Waals surface area contributed by atoms with Crippen LogP contribution in [0.3, 0.4) is 0 Å². The highest BCUT2D eigenvalue weighted by atomic mass is 16.1. The van der Waals surface area contributed by atoms with Gasteiger partial charge in [-0.05, 0) is 18.9 Å². The van der Waals surface area contributed by atoms with Crippen molar-refractivity contribution in [2.75, 3.05) is 18.9 Å². The average Bonchev–Trinajstić information content (AvgIpc) is 2.76. The Morgan fingerprint density at radius 3 is 3.27 bits per heavy atom. The van der Waals surface area contributed by atoms with E-state index in [9.17, 15) is 4.79 Å². The Bertz CT molecular complexity index is 353. The molecule has 4 heteroatoms. The summed E-state index contributed by atoms with van der Waals surface area (Å²) < 4.78 is 0. The number of carbonyl (C=O) groups excluding carboxylic acids is 1. The van der Waals surface area contributed by atoms with Crippen molar-refractivity contribution in [3.05, 3.63) is 23.9 Å². The van der Waals surface area contributed by atoms with Gasteiger partial charge in [-0.25, -0.2) is 4.98 Å². The average molecular weight is 205 g/mol. The van der Waals surface area contributed by atoms with Crippen LogP contribution in [0.4, 0.5) is 5.82 Å². The number of nitrogens with zero attached hydrogens (tertiary/aromatic N) is 2. The van der Waals surface area contributed by atoms with E-state index in [0.717, 1.165) is 37.2 Å². The number of rotatable bonds is 3. The second kappa shape index (κ2) is 4.29. The Morgan fingerprint density at radius 2 is 2.53 bits per heavy atom. The predicted molar refractivity (Wildman–Crippen MR) is 58.5 cm³/mol. The van der Waals surface area contributed by atoms with E-state index in [0.29, 0.717) is 0 Å². The second-order valence-electron chi connectivity index (χ2n) is 3.69. The van der Waals surface area contributed by atoms with Crippen molar-refractivity contribution >= 4 is 12.2 Å². The topological polar surface area (TPSA) is 45.2 Å². The maximum absolute atomic E-state index is 10.9. The number of hydrogen-bond donors (Lipinski definition) is 1. The Morgan fingerprint density at radius 1 is 1.67 bits per heavy atom. The molecule has 1 fully saturated rings. The van der Waals surface area contributed by atoms with Crippen LogP contribution in [0.15, 0.2) is 18.3 Å². The molecule has 1 atom stereocenters. The molecule has 0 spiro atoms. The molecular weight excluding hydrogens is 190 g/mol. The monoisotopic (exact) mass is 205 g/mol. The molecule has 1 aliphatic heterocycles. The molecule has 15 heavy (non-hydrogen) atoms. The van der Waals surface area contributed by atoms with Gasteiger partial charge in [0.1, 0.15) is 5.82 Å². The van der Waals surface area contributed by atoms with Crippen LogP contribution in [0.2, 0.25) is 0 Å². The molecule has 1 saturated heterocycles. The first-order valence-electron chi connectivity index (χ1n) is 5.20. The van der Waals surface area contributed by atoms with Crippen LogP contribution < -0.4 is 5.32 Å². The zero-order valence-electron chi connectivity index (χ0n) is 8.81. The van der Waals surface area contributed by atoms with Crippen LogP contribution in [0.25, 0.3) is 0 Å². The first kappa shape index (κ1) is 9.96. The lowest BCUT2D eigenvalue weighted by Crippen LogP contribution is -2.22. The lowest BCUT2D eigenvalue weighted by Gasteiger charge is -2.21. The molecule has 0 saturated carbocycles. The van der Waals surface area contributed by atoms with Crippen LogP contribution in [0, 0.1) is 0 Å². The zero-order chi connectivity index (χ0) is 10.7. The first-order chi connectivity index (χ1) is 7.36. The summed E-state index contributed by atoms with van der Waals surface area (Å²) in [5.74, 6) is 0.872. The molecule has 0 radical (unpaired) electrons. The minimum absolute atomic E-state index is 0.193. The maximum atomic E-state index is 10.9. The van der Waals surface area contributed by atoms with E-state index in [2.05, 4.69) is 10.3 Å². The van der Waals surface area contributed by atoms with Gasteiger partial charge in [-0.1, -0.05) is 6.07 Å². The molecule has 1 aromatic rings. The van der Waals surface area contributed by atoms with Crippen molar-refractivity contribution in [1.82, 2.24) is 9.88 Å². The van der Waals surface area contributed by atoms with E-state index in [1.165, 1.54) is 0 Å². The van der Waals surface area contributed by atoms with Crippen LogP contribution >= 0.6 is 0 Å². The number of likely N-dealkylation sites (tertiary alicyclic amines) is 1. The number of anilines is 1. The fourth-order valence-electron chi connectivity index (χ4n) is 2.14. The summed E-state index contributed by atoms with van der Waals surface area (Å²) in [6.45, 7) is 0.853. The normalized spacial score (nSPS) is 20.3. The third-order valence-corrected chi connectivity index (χ3v) is 2.86. The lowest BCUT2D eigenvalue weighted by atomic mass is 10.1. The smallest absolute Gasteiger partial charge is 0.210 e. The fraction of sp³-hybridized carbons (Fsp3) is 0.455. The van der Waals surface area contributed by atoms with Gasteiger partial charge in [0, 0.05) is 25.4 Å². The Hall–Kier alpha value is -1.58. The highest BCUT2D eigenvalue weighted by Gasteiger charge is 2.26. The molecule has 2 rings (SSSR count). The van der Waals surface area contributed by atoms with E-state index in [1.807, 2.05) is 24.1 Å². The summed E-state index contributed by atoms with van der Waals surface area (Å²) in [7, 11) is 1.85. The van der Waals surface area contributed by atoms with Crippen molar-refractivity contribution in [1.29, 1.82) is 0 Å². The Kier molecular flexibility index (Phi) is 2.85. The molecule has 4 nitrogen and oxygen atoms in total. The van der Waals surface area contributed by atoms with Crippen LogP contribution in [0.1, 0.15) is 24.4 Å². The number of aromatic nitrogens is 1. The number of carbonyl (C=O) groups is 1. The second-order valence-corrected chi connectivity index (χ2v) is 3.69. The molecule has 80 valence electrons. The van der Waals surface area contributed by atoms with Gasteiger partial charge in [0.25, 0.3) is 0 Å². The van der Waals surface area contributed by atoms with Gasteiger partial charge >= 0.3 is 0 Å². The SMILES string of the molecule is CNc1ncccc1[C@H]1CCCN1C=O. The highest BCUT2D eigenvalue weighted by Crippen LogP contribution is 2.33. The van der Waals surface area contributed by atoms with Crippen molar-refractivity contribution < 1.29 is 4.79 Å². The van der Waals surface area contributed by atoms with Gasteiger partial charge in [0.05, 0.1) is 6.04 Å². The molecule has 1 aliphatic rings. The third-order valence-electron chi connectivity index (χ3n) is 2.86. The summed E-state index contributed by atoms with van der Waals surface area (Å²) in [6.07, 6.45) is 4.79. The molecular formula is C11H15N3O. The number of hydrogen-bond acceptors (Lipinski definition) is 3. The van der Waals surface area contributed by atoms with E-state index in [4.69, 9.17) is 0 Å². The summed E-state index contributed by atoms with van der Waals surface area (Å²) in [4.78, 5) is 17.0. The largest absolute Gasteiger partial charge is 0.373 e. The van der Waals surface area contributed by atoms with Crippen molar-refractivity contribution in [2.24, 2.45) is 0 Å². The Labute approximate surface area is 89.3 Å². The van der Waals surface area contributed by atoms with Crippen LogP contribution in [0.5, 0.6) is 0 Å². The van der Waals surface area contributed by atoms with E-state index in [-0.39, 0.29) is 6.04 Å². The molecule has 1 amide bonds. The molecule has 1 N–H and O–H groups in total. The number of pyridine rings is 1. The molecule has 0 aromatic carbocycles. The maximum Gasteiger partial charge on any atom is 0.210 e. The summed E-state index contributed by atoms with van der Waals surface area (Å²) in [5.41, 5.74) is 1.12. The fourth-order valence-corrected chi connectivity index (χ4v) is 2.14. The van der Waals surface area contributed by atoms with Crippen molar-refractivity contribution in [3.63, 3.8) is 0 Å². The molecule has 2 heterocycles. The van der Waals surface area contributed by atoms with Gasteiger partial charge in [-0.15, -0.1) is 0 Å². The zero-order valence-corrected chi connectivity index (χ0v) is 8.81. The molecule has 0 unspecified atom stereocenters. The van der Waals surface area contributed by atoms with Gasteiger partial charge in [-0.2, -0.15) is 0 Å². The molecule has 0 bridgehead atoms. The number of nitrogens with one attached hydrogen (secondary N) is 1. The quantitative estimate of drug-likeness (QED) is 0.759. The third kappa shape index (κ3) is 1.79. The van der Waals surface area contributed by atoms with Gasteiger partial charge in [0.15, 0.2) is 0 Å². The standard InChI is InChI=1S/C11H15N3O/c1-12-11-9(4-2-6-13-11)10-5-3-7-14(10)8-15/h2,4,6,8,10H,3,5,7H2,1H3,(H,12,13)/t10-/m1/s1. The van der Waals surface area contributed by atoms with Crippen LogP contribution in [-0.2, 0) is 4.79 Å². The van der Waals surface area contributed by atoms with Crippen molar-refractivity contribution in [2.45, 2.75) is 18.9 Å². The summed E-state index contributed by atoms with van der Waals surface area (Å²) in [5, 5.41) is 3.06. The van der Waals surface area contributed by atoms with Crippen molar-refractivity contribution in [3.8, 4) is 0 Å². The van der Waals surface area contributed by atoms with E-state index in [1.54, 1.807) is 6.20 Å². The Balaban J connectivity index is 2.31. The highest BCUT2D eigenvalue weighted by molar-refractivity contribution is 5.53. The summed E-state index contributed by atoms with van der Waals surface area (Å²) in [6, 6.07) is 4.14. The lowest BCUT2D eigenvalue weighted by molar-refractivity contribution is -0.118. The van der Waals surface area contributed by atoms with Gasteiger partial charge in [0.2, 0.25) is 6.41 Å². The minimum atomic E-state index is 0.193. The summed E-state index contributed by atoms with van der Waals surface area (Å²) >= 11 is 0.